The van der Waals surface area contributed by atoms with Crippen molar-refractivity contribution in [3.63, 3.8) is 0 Å². The highest BCUT2D eigenvalue weighted by Gasteiger charge is 1.75. The summed E-state index contributed by atoms with van der Waals surface area (Å²) in [5.74, 6) is 0. The molecule has 0 aromatic carbocycles. The molecule has 2 N–H and O–H groups in total. The minimum absolute atomic E-state index is 0.306. The molecular weight excluding hydrogens is 70.0 g/mol. The van der Waals surface area contributed by atoms with Gasteiger partial charge in [0.2, 0.25) is 0 Å². The summed E-state index contributed by atoms with van der Waals surface area (Å²) in [6.45, 7) is -0.306. The second-order valence-electron chi connectivity index (χ2n) is 0.799. The van der Waals surface area contributed by atoms with Crippen LogP contribution in [0.4, 0.5) is 0 Å². The van der Waals surface area contributed by atoms with E-state index in [2.05, 4.69) is 0 Å². The van der Waals surface area contributed by atoms with Crippen molar-refractivity contribution in [1.29, 1.82) is 0 Å². The summed E-state index contributed by atoms with van der Waals surface area (Å²) in [5.41, 5.74) is 0. The predicted molar refractivity (Wildman–Crippen MR) is 16.6 cm³/mol. The Bertz CT molecular complexity index is 21.6. The first kappa shape index (κ1) is 4.88. The standard InChI is InChI=1S/C2H7NO2/c1-3(5)2-4/h4-5H,2H2,1H3. The first-order chi connectivity index (χ1) is 2.27. The SMILES string of the molecule is CN(O)CO. The normalized spacial score (nSPS) is 9.60. The van der Waals surface area contributed by atoms with Crippen molar-refractivity contribution in [3.05, 3.63) is 0 Å². The summed E-state index contributed by atoms with van der Waals surface area (Å²) in [6.07, 6.45) is 0. The maximum atomic E-state index is 7.94. The third kappa shape index (κ3) is 3.88. The predicted octanol–water partition coefficient (Wildman–Crippen LogP) is -0.743. The minimum Gasteiger partial charge on any atom is -0.379 e. The monoisotopic (exact) mass is 77.0 g/mol. The highest BCUT2D eigenvalue weighted by Crippen LogP contribution is 1.58. The maximum absolute atomic E-state index is 7.94. The Kier molecular flexibility index (Phi) is 2.09. The van der Waals surface area contributed by atoms with Crippen LogP contribution >= 0.6 is 0 Å². The zero-order valence-corrected chi connectivity index (χ0v) is 3.05. The molecule has 0 aromatic rings. The molecule has 32 valence electrons. The lowest BCUT2D eigenvalue weighted by Gasteiger charge is -1.97. The van der Waals surface area contributed by atoms with Gasteiger partial charge in [-0.05, 0) is 0 Å². The van der Waals surface area contributed by atoms with Crippen molar-refractivity contribution in [3.8, 4) is 0 Å². The minimum atomic E-state index is -0.306. The van der Waals surface area contributed by atoms with Gasteiger partial charge < -0.3 is 10.3 Å². The number of aliphatic hydroxyl groups is 1. The summed E-state index contributed by atoms with van der Waals surface area (Å²) in [7, 11) is 1.36. The molecule has 0 saturated heterocycles. The Labute approximate surface area is 30.4 Å². The van der Waals surface area contributed by atoms with Crippen LogP contribution in [-0.4, -0.2) is 29.2 Å². The molecule has 0 aliphatic heterocycles. The molecule has 0 amide bonds. The van der Waals surface area contributed by atoms with Gasteiger partial charge in [0.25, 0.3) is 0 Å². The van der Waals surface area contributed by atoms with Crippen LogP contribution in [-0.2, 0) is 0 Å². The van der Waals surface area contributed by atoms with Crippen molar-refractivity contribution in [1.82, 2.24) is 5.06 Å². The lowest BCUT2D eigenvalue weighted by atomic mass is 11.1. The first-order valence-electron chi connectivity index (χ1n) is 1.28. The van der Waals surface area contributed by atoms with E-state index < -0.39 is 0 Å². The van der Waals surface area contributed by atoms with Gasteiger partial charge in [0.1, 0.15) is 6.73 Å². The lowest BCUT2D eigenvalue weighted by molar-refractivity contribution is -0.119. The molecule has 0 aliphatic rings. The Balaban J connectivity index is 2.54. The lowest BCUT2D eigenvalue weighted by Crippen LogP contribution is -2.12. The molecule has 0 bridgehead atoms. The zero-order valence-electron chi connectivity index (χ0n) is 3.05. The smallest absolute Gasteiger partial charge is 0.118 e. The van der Waals surface area contributed by atoms with E-state index in [0.717, 1.165) is 0 Å². The van der Waals surface area contributed by atoms with Crippen LogP contribution in [0.5, 0.6) is 0 Å². The van der Waals surface area contributed by atoms with Crippen LogP contribution in [0.2, 0.25) is 0 Å². The van der Waals surface area contributed by atoms with Crippen molar-refractivity contribution in [2.45, 2.75) is 0 Å². The second kappa shape index (κ2) is 2.14. The molecule has 0 spiro atoms. The molecule has 0 heterocycles. The van der Waals surface area contributed by atoms with Crippen LogP contribution < -0.4 is 0 Å². The summed E-state index contributed by atoms with van der Waals surface area (Å²) in [4.78, 5) is 0. The van der Waals surface area contributed by atoms with E-state index in [1.54, 1.807) is 0 Å². The van der Waals surface area contributed by atoms with Gasteiger partial charge in [-0.1, -0.05) is 0 Å². The zero-order chi connectivity index (χ0) is 4.28. The molecule has 0 rings (SSSR count). The quantitative estimate of drug-likeness (QED) is 0.320. The third-order valence-corrected chi connectivity index (χ3v) is 0.205. The topological polar surface area (TPSA) is 43.7 Å². The average molecular weight is 77.1 g/mol. The van der Waals surface area contributed by atoms with Crippen molar-refractivity contribution >= 4 is 0 Å². The highest BCUT2D eigenvalue weighted by molar-refractivity contribution is 4.01. The number of hydroxylamine groups is 2. The molecule has 0 fully saturated rings. The van der Waals surface area contributed by atoms with Crippen LogP contribution in [0, 0.1) is 0 Å². The van der Waals surface area contributed by atoms with Crippen LogP contribution in [0.15, 0.2) is 0 Å². The van der Waals surface area contributed by atoms with E-state index >= 15 is 0 Å². The second-order valence-corrected chi connectivity index (χ2v) is 0.799. The van der Waals surface area contributed by atoms with Crippen LogP contribution in [0.25, 0.3) is 0 Å². The highest BCUT2D eigenvalue weighted by atomic mass is 16.5. The fraction of sp³-hybridized carbons (Fsp3) is 1.00. The van der Waals surface area contributed by atoms with Gasteiger partial charge in [-0.2, -0.15) is 5.06 Å². The molecule has 3 heteroatoms. The van der Waals surface area contributed by atoms with E-state index in [0.29, 0.717) is 5.06 Å². The molecule has 0 radical (unpaired) electrons. The molecule has 0 atom stereocenters. The van der Waals surface area contributed by atoms with Gasteiger partial charge in [-0.25, -0.2) is 0 Å². The van der Waals surface area contributed by atoms with Crippen molar-refractivity contribution < 1.29 is 10.3 Å². The summed E-state index contributed by atoms with van der Waals surface area (Å²) in [5, 5.41) is 16.4. The Morgan fingerprint density at radius 3 is 2.00 bits per heavy atom. The van der Waals surface area contributed by atoms with Gasteiger partial charge in [0.05, 0.1) is 0 Å². The molecule has 3 nitrogen and oxygen atoms in total. The van der Waals surface area contributed by atoms with Crippen molar-refractivity contribution in [2.24, 2.45) is 0 Å². The molecule has 5 heavy (non-hydrogen) atoms. The summed E-state index contributed by atoms with van der Waals surface area (Å²) >= 11 is 0. The largest absolute Gasteiger partial charge is 0.379 e. The number of rotatable bonds is 1. The number of hydrogen-bond acceptors (Lipinski definition) is 3. The number of nitrogens with zero attached hydrogens (tertiary/aromatic N) is 1. The van der Waals surface area contributed by atoms with E-state index in [1.807, 2.05) is 0 Å². The molecule has 0 aliphatic carbocycles. The van der Waals surface area contributed by atoms with E-state index in [-0.39, 0.29) is 6.73 Å². The number of aliphatic hydroxyl groups excluding tert-OH is 1. The molecular formula is C2H7NO2. The maximum Gasteiger partial charge on any atom is 0.118 e. The average Bonchev–Trinajstić information content (AvgIpc) is 1.38. The third-order valence-electron chi connectivity index (χ3n) is 0.205. The van der Waals surface area contributed by atoms with Crippen LogP contribution in [0.1, 0.15) is 0 Å². The molecule has 0 unspecified atom stereocenters. The fourth-order valence-electron chi connectivity index (χ4n) is 0. The van der Waals surface area contributed by atoms with E-state index in [9.17, 15) is 0 Å². The Morgan fingerprint density at radius 2 is 2.00 bits per heavy atom. The van der Waals surface area contributed by atoms with Gasteiger partial charge >= 0.3 is 0 Å². The first-order valence-corrected chi connectivity index (χ1v) is 1.28. The van der Waals surface area contributed by atoms with Gasteiger partial charge in [-0.15, -0.1) is 0 Å². The van der Waals surface area contributed by atoms with Crippen molar-refractivity contribution in [2.75, 3.05) is 13.8 Å². The molecule has 0 saturated carbocycles. The van der Waals surface area contributed by atoms with E-state index in [4.69, 9.17) is 10.3 Å². The van der Waals surface area contributed by atoms with Gasteiger partial charge in [0, 0.05) is 7.05 Å². The summed E-state index contributed by atoms with van der Waals surface area (Å²) in [6, 6.07) is 0. The van der Waals surface area contributed by atoms with Gasteiger partial charge in [0.15, 0.2) is 0 Å². The van der Waals surface area contributed by atoms with Crippen LogP contribution in [0.3, 0.4) is 0 Å². The fourth-order valence-corrected chi connectivity index (χ4v) is 0. The van der Waals surface area contributed by atoms with E-state index in [1.165, 1.54) is 7.05 Å². The Hall–Kier alpha value is -0.120. The summed E-state index contributed by atoms with van der Waals surface area (Å²) < 4.78 is 0. The Morgan fingerprint density at radius 1 is 1.80 bits per heavy atom. The molecule has 0 aromatic heterocycles. The number of hydrogen-bond donors (Lipinski definition) is 2. The van der Waals surface area contributed by atoms with Gasteiger partial charge in [-0.3, -0.25) is 0 Å².